The second-order valence-electron chi connectivity index (χ2n) is 5.56. The lowest BCUT2D eigenvalue weighted by Gasteiger charge is -2.34. The van der Waals surface area contributed by atoms with E-state index in [1.54, 1.807) is 0 Å². The van der Waals surface area contributed by atoms with E-state index in [9.17, 15) is 18.0 Å². The summed E-state index contributed by atoms with van der Waals surface area (Å²) in [4.78, 5) is 15.9. The molecule has 1 aromatic rings. The smallest absolute Gasteiger partial charge is 0.417 e. The van der Waals surface area contributed by atoms with E-state index in [4.69, 9.17) is 21.1 Å². The highest BCUT2D eigenvalue weighted by Crippen LogP contribution is 2.33. The van der Waals surface area contributed by atoms with Gasteiger partial charge in [0.05, 0.1) is 12.1 Å². The number of pyridine rings is 1. The van der Waals surface area contributed by atoms with Gasteiger partial charge in [0.2, 0.25) is 5.88 Å². The molecular weight excluding hydrogens is 434 g/mol. The minimum atomic E-state index is -4.52. The number of piperidine rings is 1. The van der Waals surface area contributed by atoms with Crippen LogP contribution in [0.4, 0.5) is 13.2 Å². The number of hydrogen-bond acceptors (Lipinski definition) is 5. The van der Waals surface area contributed by atoms with Gasteiger partial charge in [-0.25, -0.2) is 4.98 Å². The van der Waals surface area contributed by atoms with Gasteiger partial charge >= 0.3 is 6.18 Å². The molecule has 1 aliphatic heterocycles. The maximum atomic E-state index is 12.5. The zero-order chi connectivity index (χ0) is 18.5. The molecule has 0 aromatic carbocycles. The second kappa shape index (κ2) is 11.1. The molecule has 0 atom stereocenters. The second-order valence-corrected chi connectivity index (χ2v) is 5.97. The van der Waals surface area contributed by atoms with Crippen LogP contribution in [0.3, 0.4) is 0 Å². The van der Waals surface area contributed by atoms with Crippen molar-refractivity contribution in [1.29, 1.82) is 0 Å². The van der Waals surface area contributed by atoms with Gasteiger partial charge in [-0.2, -0.15) is 13.2 Å². The average molecular weight is 455 g/mol. The van der Waals surface area contributed by atoms with Crippen molar-refractivity contribution >= 4 is 42.3 Å². The molecular formula is C15H21Cl3F3N3O3. The van der Waals surface area contributed by atoms with Crippen LogP contribution in [-0.2, 0) is 15.7 Å². The van der Waals surface area contributed by atoms with E-state index in [2.05, 4.69) is 15.6 Å². The quantitative estimate of drug-likeness (QED) is 0.647. The van der Waals surface area contributed by atoms with Crippen LogP contribution in [0, 0.1) is 0 Å². The molecule has 2 rings (SSSR count). The molecule has 156 valence electrons. The molecule has 2 heterocycles. The Morgan fingerprint density at radius 1 is 1.37 bits per heavy atom. The van der Waals surface area contributed by atoms with Gasteiger partial charge in [-0.15, -0.1) is 24.8 Å². The first kappa shape index (κ1) is 26.0. The first-order valence-electron chi connectivity index (χ1n) is 7.68. The Labute approximate surface area is 172 Å². The molecule has 0 radical (unpaired) electrons. The predicted molar refractivity (Wildman–Crippen MR) is 99.1 cm³/mol. The van der Waals surface area contributed by atoms with Crippen LogP contribution in [0.15, 0.2) is 12.3 Å². The van der Waals surface area contributed by atoms with Crippen LogP contribution in [0.5, 0.6) is 5.88 Å². The summed E-state index contributed by atoms with van der Waals surface area (Å²) < 4.78 is 48.2. The number of carbonyl (C=O) groups is 1. The van der Waals surface area contributed by atoms with E-state index < -0.39 is 17.3 Å². The summed E-state index contributed by atoms with van der Waals surface area (Å²) in [5, 5.41) is 5.61. The molecule has 1 amide bonds. The van der Waals surface area contributed by atoms with Gasteiger partial charge in [0.1, 0.15) is 17.2 Å². The Kier molecular flexibility index (Phi) is 10.7. The van der Waals surface area contributed by atoms with Crippen molar-refractivity contribution in [2.45, 2.75) is 24.6 Å². The molecule has 1 aliphatic rings. The number of ether oxygens (including phenoxy) is 2. The number of amides is 1. The normalized spacial score (nSPS) is 15.9. The number of alkyl halides is 3. The number of nitrogens with one attached hydrogen (secondary N) is 2. The third kappa shape index (κ3) is 6.83. The topological polar surface area (TPSA) is 72.5 Å². The molecule has 1 fully saturated rings. The highest BCUT2D eigenvalue weighted by molar-refractivity contribution is 6.31. The maximum Gasteiger partial charge on any atom is 0.417 e. The first-order chi connectivity index (χ1) is 11.8. The summed E-state index contributed by atoms with van der Waals surface area (Å²) >= 11 is 5.74. The first-order valence-corrected chi connectivity index (χ1v) is 8.06. The molecule has 1 saturated heterocycles. The zero-order valence-corrected chi connectivity index (χ0v) is 16.8. The van der Waals surface area contributed by atoms with Crippen molar-refractivity contribution in [1.82, 2.24) is 15.6 Å². The highest BCUT2D eigenvalue weighted by Gasteiger charge is 2.39. The number of hydrogen-bond donors (Lipinski definition) is 2. The van der Waals surface area contributed by atoms with Gasteiger partial charge in [0.25, 0.3) is 5.91 Å². The molecule has 2 N–H and O–H groups in total. The van der Waals surface area contributed by atoms with E-state index in [-0.39, 0.29) is 54.8 Å². The van der Waals surface area contributed by atoms with Crippen LogP contribution in [0.2, 0.25) is 5.02 Å². The molecule has 0 aliphatic carbocycles. The molecule has 12 heteroatoms. The Balaban J connectivity index is 0.00000338. The third-order valence-corrected chi connectivity index (χ3v) is 4.25. The zero-order valence-electron chi connectivity index (χ0n) is 14.4. The van der Waals surface area contributed by atoms with E-state index in [1.165, 1.54) is 7.11 Å². The molecule has 0 saturated carbocycles. The summed E-state index contributed by atoms with van der Waals surface area (Å²) in [6.07, 6.45) is -2.76. The van der Waals surface area contributed by atoms with Crippen molar-refractivity contribution in [2.75, 3.05) is 33.4 Å². The number of rotatable bonds is 6. The van der Waals surface area contributed by atoms with E-state index >= 15 is 0 Å². The van der Waals surface area contributed by atoms with Crippen molar-refractivity contribution in [3.05, 3.63) is 22.8 Å². The molecule has 0 unspecified atom stereocenters. The monoisotopic (exact) mass is 453 g/mol. The van der Waals surface area contributed by atoms with Gasteiger partial charge in [-0.05, 0) is 32.0 Å². The fraction of sp³-hybridized carbons (Fsp3) is 0.600. The third-order valence-electron chi connectivity index (χ3n) is 3.98. The van der Waals surface area contributed by atoms with Gasteiger partial charge in [-0.1, -0.05) is 11.6 Å². The van der Waals surface area contributed by atoms with E-state index in [0.717, 1.165) is 6.07 Å². The maximum absolute atomic E-state index is 12.5. The van der Waals surface area contributed by atoms with Crippen molar-refractivity contribution in [3.63, 3.8) is 0 Å². The summed E-state index contributed by atoms with van der Waals surface area (Å²) in [6.45, 7) is 1.53. The Morgan fingerprint density at radius 2 is 2.00 bits per heavy atom. The van der Waals surface area contributed by atoms with E-state index in [0.29, 0.717) is 32.1 Å². The molecule has 27 heavy (non-hydrogen) atoms. The lowest BCUT2D eigenvalue weighted by Crippen LogP contribution is -2.54. The van der Waals surface area contributed by atoms with Crippen molar-refractivity contribution in [3.8, 4) is 5.88 Å². The van der Waals surface area contributed by atoms with Crippen molar-refractivity contribution in [2.24, 2.45) is 0 Å². The Hall–Kier alpha value is -1.00. The largest absolute Gasteiger partial charge is 0.475 e. The van der Waals surface area contributed by atoms with Gasteiger partial charge in [-0.3, -0.25) is 4.79 Å². The predicted octanol–water partition coefficient (Wildman–Crippen LogP) is 2.86. The van der Waals surface area contributed by atoms with Crippen LogP contribution in [-0.4, -0.2) is 49.8 Å². The molecule has 6 nitrogen and oxygen atoms in total. The number of nitrogens with zero attached hydrogens (tertiary/aromatic N) is 1. The fourth-order valence-electron chi connectivity index (χ4n) is 2.51. The summed E-state index contributed by atoms with van der Waals surface area (Å²) in [7, 11) is 1.49. The van der Waals surface area contributed by atoms with Crippen LogP contribution < -0.4 is 15.4 Å². The molecule has 0 spiro atoms. The lowest BCUT2D eigenvalue weighted by molar-refractivity contribution is -0.146. The number of halogens is 6. The van der Waals surface area contributed by atoms with Gasteiger partial charge in [0.15, 0.2) is 0 Å². The standard InChI is InChI=1S/C15H19ClF3N3O3.2ClH/c1-24-14(2-4-20-5-3-14)13(23)21-6-7-25-12-11(16)8-10(9-22-12)15(17,18)19;;/h8-9,20H,2-7H2,1H3,(H,21,23);2*1H. The fourth-order valence-corrected chi connectivity index (χ4v) is 2.74. The molecule has 0 bridgehead atoms. The summed E-state index contributed by atoms with van der Waals surface area (Å²) in [5.74, 6) is -0.362. The van der Waals surface area contributed by atoms with E-state index in [1.807, 2.05) is 0 Å². The number of aromatic nitrogens is 1. The number of methoxy groups -OCH3 is 1. The minimum Gasteiger partial charge on any atom is -0.475 e. The van der Waals surface area contributed by atoms with Gasteiger partial charge < -0.3 is 20.1 Å². The Morgan fingerprint density at radius 3 is 2.52 bits per heavy atom. The van der Waals surface area contributed by atoms with Crippen LogP contribution >= 0.6 is 36.4 Å². The SMILES string of the molecule is COC1(C(=O)NCCOc2ncc(C(F)(F)F)cc2Cl)CCNCC1.Cl.Cl. The number of carbonyl (C=O) groups excluding carboxylic acids is 1. The summed E-state index contributed by atoms with van der Waals surface area (Å²) in [6, 6.07) is 0.747. The Bertz CT molecular complexity index is 615. The lowest BCUT2D eigenvalue weighted by atomic mass is 9.91. The highest BCUT2D eigenvalue weighted by atomic mass is 35.5. The average Bonchev–Trinajstić information content (AvgIpc) is 2.59. The van der Waals surface area contributed by atoms with Gasteiger partial charge in [0, 0.05) is 13.3 Å². The molecule has 1 aromatic heterocycles. The minimum absolute atomic E-state index is 0. The van der Waals surface area contributed by atoms with Crippen molar-refractivity contribution < 1.29 is 27.4 Å². The van der Waals surface area contributed by atoms with Crippen LogP contribution in [0.1, 0.15) is 18.4 Å². The summed E-state index contributed by atoms with van der Waals surface area (Å²) in [5.41, 5.74) is -1.82. The van der Waals surface area contributed by atoms with Crippen LogP contribution in [0.25, 0.3) is 0 Å².